The van der Waals surface area contributed by atoms with Crippen molar-refractivity contribution in [1.29, 1.82) is 0 Å². The Balaban J connectivity index is 3.00. The van der Waals surface area contributed by atoms with Crippen molar-refractivity contribution in [3.63, 3.8) is 0 Å². The van der Waals surface area contributed by atoms with Crippen LogP contribution in [0, 0.1) is 6.92 Å². The third-order valence-corrected chi connectivity index (χ3v) is 2.57. The first-order valence-electron chi connectivity index (χ1n) is 4.49. The highest BCUT2D eigenvalue weighted by atomic mass is 35.5. The van der Waals surface area contributed by atoms with E-state index in [4.69, 9.17) is 16.3 Å². The van der Waals surface area contributed by atoms with Crippen LogP contribution in [-0.2, 0) is 0 Å². The number of aromatic nitrogens is 1. The van der Waals surface area contributed by atoms with E-state index >= 15 is 0 Å². The summed E-state index contributed by atoms with van der Waals surface area (Å²) in [6.07, 6.45) is 0. The number of aryl methyl sites for hydroxylation is 1. The monoisotopic (exact) mass is 223 g/mol. The quantitative estimate of drug-likeness (QED) is 0.807. The van der Waals surface area contributed by atoms with Crippen molar-refractivity contribution in [2.75, 3.05) is 7.11 Å². The number of benzene rings is 1. The predicted molar refractivity (Wildman–Crippen MR) is 60.9 cm³/mol. The third kappa shape index (κ3) is 1.59. The van der Waals surface area contributed by atoms with Crippen LogP contribution >= 0.6 is 11.6 Å². The summed E-state index contributed by atoms with van der Waals surface area (Å²) in [6.45, 7) is 1.82. The minimum atomic E-state index is -0.0925. The number of ether oxygens (including phenoxy) is 1. The highest BCUT2D eigenvalue weighted by Gasteiger charge is 2.09. The van der Waals surface area contributed by atoms with Crippen molar-refractivity contribution in [1.82, 2.24) is 4.98 Å². The topological polar surface area (TPSA) is 42.1 Å². The standard InChI is InChI=1S/C11H10ClNO2/c1-6-5-8(14)10-7(12)3-4-9(15-2)11(10)13-6/h3-5H,1-2H3,(H,13,14). The van der Waals surface area contributed by atoms with Gasteiger partial charge < -0.3 is 9.72 Å². The molecule has 2 rings (SSSR count). The largest absolute Gasteiger partial charge is 0.495 e. The number of halogens is 1. The summed E-state index contributed by atoms with van der Waals surface area (Å²) in [6, 6.07) is 4.92. The number of H-pyrrole nitrogens is 1. The molecule has 4 heteroatoms. The molecule has 1 aromatic heterocycles. The molecule has 0 aliphatic heterocycles. The van der Waals surface area contributed by atoms with Gasteiger partial charge >= 0.3 is 0 Å². The molecule has 0 aliphatic carbocycles. The Morgan fingerprint density at radius 2 is 2.13 bits per heavy atom. The molecule has 0 atom stereocenters. The summed E-state index contributed by atoms with van der Waals surface area (Å²) in [5.74, 6) is 0.621. The predicted octanol–water partition coefficient (Wildman–Crippen LogP) is 2.50. The fraction of sp³-hybridized carbons (Fsp3) is 0.182. The lowest BCUT2D eigenvalue weighted by atomic mass is 10.2. The Hall–Kier alpha value is -1.48. The van der Waals surface area contributed by atoms with Gasteiger partial charge in [-0.05, 0) is 19.1 Å². The van der Waals surface area contributed by atoms with E-state index in [-0.39, 0.29) is 5.43 Å². The van der Waals surface area contributed by atoms with Crippen LogP contribution in [-0.4, -0.2) is 12.1 Å². The number of methoxy groups -OCH3 is 1. The first-order valence-corrected chi connectivity index (χ1v) is 4.87. The zero-order chi connectivity index (χ0) is 11.0. The molecule has 2 aromatic rings. The van der Waals surface area contributed by atoms with Gasteiger partial charge in [0.05, 0.1) is 23.0 Å². The average Bonchev–Trinajstić information content (AvgIpc) is 2.17. The normalized spacial score (nSPS) is 10.6. The smallest absolute Gasteiger partial charge is 0.191 e. The molecule has 3 nitrogen and oxygen atoms in total. The van der Waals surface area contributed by atoms with Gasteiger partial charge in [0, 0.05) is 11.8 Å². The second-order valence-electron chi connectivity index (χ2n) is 3.32. The summed E-state index contributed by atoms with van der Waals surface area (Å²) in [5.41, 5.74) is 1.34. The second kappa shape index (κ2) is 3.59. The maximum absolute atomic E-state index is 11.7. The molecule has 0 aliphatic rings. The van der Waals surface area contributed by atoms with Gasteiger partial charge in [0.15, 0.2) is 5.43 Å². The van der Waals surface area contributed by atoms with Gasteiger partial charge in [-0.1, -0.05) is 11.6 Å². The van der Waals surface area contributed by atoms with Crippen LogP contribution in [0.15, 0.2) is 23.0 Å². The van der Waals surface area contributed by atoms with Gasteiger partial charge in [0.1, 0.15) is 5.75 Å². The highest BCUT2D eigenvalue weighted by Crippen LogP contribution is 2.27. The Kier molecular flexibility index (Phi) is 2.40. The van der Waals surface area contributed by atoms with Crippen molar-refractivity contribution in [2.24, 2.45) is 0 Å². The Labute approximate surface area is 91.6 Å². The van der Waals surface area contributed by atoms with Gasteiger partial charge in [-0.3, -0.25) is 4.79 Å². The van der Waals surface area contributed by atoms with Crippen LogP contribution in [0.5, 0.6) is 5.75 Å². The molecular weight excluding hydrogens is 214 g/mol. The Morgan fingerprint density at radius 1 is 1.40 bits per heavy atom. The molecule has 1 heterocycles. The molecule has 1 aromatic carbocycles. The molecule has 78 valence electrons. The summed E-state index contributed by atoms with van der Waals surface area (Å²) >= 11 is 5.97. The lowest BCUT2D eigenvalue weighted by Crippen LogP contribution is -2.04. The number of rotatable bonds is 1. The average molecular weight is 224 g/mol. The summed E-state index contributed by atoms with van der Waals surface area (Å²) in [4.78, 5) is 14.8. The van der Waals surface area contributed by atoms with Gasteiger partial charge in [0.2, 0.25) is 0 Å². The van der Waals surface area contributed by atoms with Crippen molar-refractivity contribution >= 4 is 22.5 Å². The summed E-state index contributed by atoms with van der Waals surface area (Å²) in [7, 11) is 1.56. The fourth-order valence-corrected chi connectivity index (χ4v) is 1.85. The van der Waals surface area contributed by atoms with E-state index in [2.05, 4.69) is 4.98 Å². The second-order valence-corrected chi connectivity index (χ2v) is 3.72. The van der Waals surface area contributed by atoms with Crippen LogP contribution in [0.4, 0.5) is 0 Å². The minimum absolute atomic E-state index is 0.0925. The molecule has 0 fully saturated rings. The van der Waals surface area contributed by atoms with Crippen LogP contribution in [0.2, 0.25) is 5.02 Å². The minimum Gasteiger partial charge on any atom is -0.495 e. The zero-order valence-corrected chi connectivity index (χ0v) is 9.18. The van der Waals surface area contributed by atoms with Gasteiger partial charge in [-0.2, -0.15) is 0 Å². The number of fused-ring (bicyclic) bond motifs is 1. The van der Waals surface area contributed by atoms with Crippen LogP contribution in [0.25, 0.3) is 10.9 Å². The summed E-state index contributed by atoms with van der Waals surface area (Å²) in [5, 5.41) is 0.911. The van der Waals surface area contributed by atoms with E-state index in [9.17, 15) is 4.79 Å². The van der Waals surface area contributed by atoms with E-state index in [1.54, 1.807) is 19.2 Å². The lowest BCUT2D eigenvalue weighted by Gasteiger charge is -2.07. The number of hydrogen-bond donors (Lipinski definition) is 1. The van der Waals surface area contributed by atoms with Crippen molar-refractivity contribution in [3.8, 4) is 5.75 Å². The Morgan fingerprint density at radius 3 is 2.80 bits per heavy atom. The van der Waals surface area contributed by atoms with E-state index in [0.29, 0.717) is 21.7 Å². The SMILES string of the molecule is COc1ccc(Cl)c2c(=O)cc(C)[nH]c12. The maximum atomic E-state index is 11.7. The molecule has 15 heavy (non-hydrogen) atoms. The highest BCUT2D eigenvalue weighted by molar-refractivity contribution is 6.35. The number of pyridine rings is 1. The molecule has 0 amide bonds. The molecule has 0 saturated heterocycles. The molecule has 0 radical (unpaired) electrons. The first-order chi connectivity index (χ1) is 7.13. The molecule has 0 bridgehead atoms. The maximum Gasteiger partial charge on any atom is 0.191 e. The third-order valence-electron chi connectivity index (χ3n) is 2.25. The van der Waals surface area contributed by atoms with Crippen LogP contribution in [0.1, 0.15) is 5.69 Å². The zero-order valence-electron chi connectivity index (χ0n) is 8.43. The van der Waals surface area contributed by atoms with Crippen molar-refractivity contribution < 1.29 is 4.74 Å². The molecule has 0 saturated carbocycles. The van der Waals surface area contributed by atoms with Crippen molar-refractivity contribution in [3.05, 3.63) is 39.1 Å². The molecule has 0 unspecified atom stereocenters. The number of nitrogens with one attached hydrogen (secondary N) is 1. The first kappa shape index (κ1) is 10.1. The molecule has 0 spiro atoms. The van der Waals surface area contributed by atoms with Gasteiger partial charge in [-0.15, -0.1) is 0 Å². The molecule has 1 N–H and O–H groups in total. The molecular formula is C11H10ClNO2. The summed E-state index contributed by atoms with van der Waals surface area (Å²) < 4.78 is 5.16. The number of aromatic amines is 1. The van der Waals surface area contributed by atoms with Crippen LogP contribution in [0.3, 0.4) is 0 Å². The fourth-order valence-electron chi connectivity index (χ4n) is 1.60. The van der Waals surface area contributed by atoms with Crippen LogP contribution < -0.4 is 10.2 Å². The van der Waals surface area contributed by atoms with E-state index in [1.807, 2.05) is 6.92 Å². The van der Waals surface area contributed by atoms with E-state index in [1.165, 1.54) is 6.07 Å². The van der Waals surface area contributed by atoms with E-state index in [0.717, 1.165) is 5.69 Å². The van der Waals surface area contributed by atoms with E-state index < -0.39 is 0 Å². The van der Waals surface area contributed by atoms with Gasteiger partial charge in [0.25, 0.3) is 0 Å². The lowest BCUT2D eigenvalue weighted by molar-refractivity contribution is 0.419. The Bertz CT molecular complexity index is 575. The van der Waals surface area contributed by atoms with Crippen molar-refractivity contribution in [2.45, 2.75) is 6.92 Å². The van der Waals surface area contributed by atoms with Gasteiger partial charge in [-0.25, -0.2) is 0 Å². The number of hydrogen-bond acceptors (Lipinski definition) is 2.